The highest BCUT2D eigenvalue weighted by Crippen LogP contribution is 2.43. The van der Waals surface area contributed by atoms with Gasteiger partial charge in [0.1, 0.15) is 23.5 Å². The summed E-state index contributed by atoms with van der Waals surface area (Å²) in [5.41, 5.74) is 8.81. The van der Waals surface area contributed by atoms with Crippen LogP contribution in [0.25, 0.3) is 22.2 Å². The maximum atomic E-state index is 11.6. The normalized spacial score (nSPS) is 24.0. The van der Waals surface area contributed by atoms with E-state index in [0.29, 0.717) is 30.9 Å². The summed E-state index contributed by atoms with van der Waals surface area (Å²) in [6.07, 6.45) is 5.61. The van der Waals surface area contributed by atoms with Crippen LogP contribution in [0.5, 0.6) is 5.75 Å². The second-order valence-corrected chi connectivity index (χ2v) is 10.7. The third-order valence-electron chi connectivity index (χ3n) is 6.35. The Hall–Kier alpha value is -2.65. The Morgan fingerprint density at radius 1 is 1.17 bits per heavy atom. The highest BCUT2D eigenvalue weighted by molar-refractivity contribution is 7.91. The van der Waals surface area contributed by atoms with E-state index in [1.54, 1.807) is 12.1 Å². The van der Waals surface area contributed by atoms with Crippen molar-refractivity contribution in [2.75, 3.05) is 36.9 Å². The molecule has 158 valence electrons. The number of hydrogen-bond donors (Lipinski definition) is 2. The van der Waals surface area contributed by atoms with Gasteiger partial charge in [0, 0.05) is 37.4 Å². The SMILES string of the molecule is Nc1ncnc2c1c(-c1cccc(O)c1)cn2C1CC(CN2CCS(=O)(=O)CC2)C1. The molecule has 3 aromatic rings. The largest absolute Gasteiger partial charge is 0.508 e. The molecule has 5 rings (SSSR count). The number of nitrogens with zero attached hydrogens (tertiary/aromatic N) is 4. The first kappa shape index (κ1) is 19.3. The summed E-state index contributed by atoms with van der Waals surface area (Å²) in [5, 5.41) is 10.7. The van der Waals surface area contributed by atoms with Gasteiger partial charge >= 0.3 is 0 Å². The predicted molar refractivity (Wildman–Crippen MR) is 116 cm³/mol. The van der Waals surface area contributed by atoms with E-state index in [1.807, 2.05) is 12.1 Å². The summed E-state index contributed by atoms with van der Waals surface area (Å²) in [6.45, 7) is 2.23. The first-order valence-corrected chi connectivity index (χ1v) is 12.0. The van der Waals surface area contributed by atoms with E-state index in [0.717, 1.165) is 41.5 Å². The van der Waals surface area contributed by atoms with Gasteiger partial charge in [0.25, 0.3) is 0 Å². The lowest BCUT2D eigenvalue weighted by Gasteiger charge is -2.40. The molecular formula is C21H25N5O3S. The molecule has 3 heterocycles. The first-order chi connectivity index (χ1) is 14.4. The van der Waals surface area contributed by atoms with Crippen LogP contribution in [-0.2, 0) is 9.84 Å². The zero-order valence-corrected chi connectivity index (χ0v) is 17.4. The molecule has 0 radical (unpaired) electrons. The number of aromatic nitrogens is 3. The van der Waals surface area contributed by atoms with Crippen LogP contribution >= 0.6 is 0 Å². The first-order valence-electron chi connectivity index (χ1n) is 10.2. The fourth-order valence-electron chi connectivity index (χ4n) is 4.65. The van der Waals surface area contributed by atoms with Gasteiger partial charge in [0.15, 0.2) is 9.84 Å². The van der Waals surface area contributed by atoms with Gasteiger partial charge in [0.05, 0.1) is 16.9 Å². The van der Waals surface area contributed by atoms with E-state index >= 15 is 0 Å². The minimum absolute atomic E-state index is 0.205. The van der Waals surface area contributed by atoms with Crippen molar-refractivity contribution in [3.8, 4) is 16.9 Å². The molecule has 1 aliphatic carbocycles. The van der Waals surface area contributed by atoms with E-state index in [2.05, 4.69) is 25.6 Å². The zero-order chi connectivity index (χ0) is 20.9. The van der Waals surface area contributed by atoms with Crippen LogP contribution in [-0.4, -0.2) is 64.1 Å². The molecule has 2 aromatic heterocycles. The number of phenolic OH excluding ortho intramolecular Hbond substituents is 1. The van der Waals surface area contributed by atoms with Gasteiger partial charge in [-0.2, -0.15) is 0 Å². The lowest BCUT2D eigenvalue weighted by atomic mass is 9.79. The highest BCUT2D eigenvalue weighted by Gasteiger charge is 2.34. The summed E-state index contributed by atoms with van der Waals surface area (Å²) in [5.74, 6) is 1.74. The molecule has 1 aliphatic heterocycles. The fraction of sp³-hybridized carbons (Fsp3) is 0.429. The molecule has 2 aliphatic rings. The van der Waals surface area contributed by atoms with E-state index in [-0.39, 0.29) is 17.3 Å². The van der Waals surface area contributed by atoms with Gasteiger partial charge in [-0.3, -0.25) is 0 Å². The fourth-order valence-corrected chi connectivity index (χ4v) is 5.93. The smallest absolute Gasteiger partial charge is 0.152 e. The van der Waals surface area contributed by atoms with Crippen molar-refractivity contribution in [1.29, 1.82) is 0 Å². The number of sulfone groups is 1. The average Bonchev–Trinajstić information content (AvgIpc) is 3.06. The molecule has 30 heavy (non-hydrogen) atoms. The van der Waals surface area contributed by atoms with Crippen LogP contribution in [0.4, 0.5) is 5.82 Å². The lowest BCUT2D eigenvalue weighted by molar-refractivity contribution is 0.136. The van der Waals surface area contributed by atoms with Crippen molar-refractivity contribution in [2.45, 2.75) is 18.9 Å². The van der Waals surface area contributed by atoms with Gasteiger partial charge < -0.3 is 20.3 Å². The molecule has 8 nitrogen and oxygen atoms in total. The van der Waals surface area contributed by atoms with Crippen LogP contribution in [0.2, 0.25) is 0 Å². The number of aromatic hydroxyl groups is 1. The molecule has 0 spiro atoms. The molecule has 0 unspecified atom stereocenters. The summed E-state index contributed by atoms with van der Waals surface area (Å²) >= 11 is 0. The Bertz CT molecular complexity index is 1190. The lowest BCUT2D eigenvalue weighted by Crippen LogP contribution is -2.44. The Kier molecular flexibility index (Phi) is 4.67. The van der Waals surface area contributed by atoms with Crippen molar-refractivity contribution in [2.24, 2.45) is 5.92 Å². The molecule has 1 saturated carbocycles. The number of anilines is 1. The maximum absolute atomic E-state index is 11.6. The molecule has 0 atom stereocenters. The number of hydrogen-bond acceptors (Lipinski definition) is 7. The van der Waals surface area contributed by atoms with Crippen LogP contribution in [0.1, 0.15) is 18.9 Å². The third kappa shape index (κ3) is 3.52. The summed E-state index contributed by atoms with van der Waals surface area (Å²) in [7, 11) is -2.84. The van der Waals surface area contributed by atoms with Gasteiger partial charge in [-0.25, -0.2) is 18.4 Å². The van der Waals surface area contributed by atoms with Crippen LogP contribution in [0.15, 0.2) is 36.8 Å². The second kappa shape index (κ2) is 7.24. The predicted octanol–water partition coefficient (Wildman–Crippen LogP) is 2.07. The Morgan fingerprint density at radius 3 is 2.67 bits per heavy atom. The number of fused-ring (bicyclic) bond motifs is 1. The topological polar surface area (TPSA) is 114 Å². The minimum Gasteiger partial charge on any atom is -0.508 e. The summed E-state index contributed by atoms with van der Waals surface area (Å²) in [6, 6.07) is 7.45. The molecule has 1 aromatic carbocycles. The van der Waals surface area contributed by atoms with E-state index in [4.69, 9.17) is 5.73 Å². The second-order valence-electron chi connectivity index (χ2n) is 8.40. The van der Waals surface area contributed by atoms with Crippen molar-refractivity contribution in [3.05, 3.63) is 36.8 Å². The molecule has 1 saturated heterocycles. The third-order valence-corrected chi connectivity index (χ3v) is 7.96. The zero-order valence-electron chi connectivity index (χ0n) is 16.6. The number of nitrogens with two attached hydrogens (primary N) is 1. The van der Waals surface area contributed by atoms with Gasteiger partial charge in [-0.1, -0.05) is 12.1 Å². The van der Waals surface area contributed by atoms with Crippen LogP contribution in [0.3, 0.4) is 0 Å². The van der Waals surface area contributed by atoms with Gasteiger partial charge in [0.2, 0.25) is 0 Å². The van der Waals surface area contributed by atoms with Gasteiger partial charge in [-0.05, 0) is 36.5 Å². The van der Waals surface area contributed by atoms with Crippen molar-refractivity contribution in [3.63, 3.8) is 0 Å². The monoisotopic (exact) mass is 427 g/mol. The minimum atomic E-state index is -2.84. The number of rotatable bonds is 4. The van der Waals surface area contributed by atoms with E-state index in [9.17, 15) is 13.5 Å². The van der Waals surface area contributed by atoms with Crippen LogP contribution in [0, 0.1) is 5.92 Å². The van der Waals surface area contributed by atoms with Gasteiger partial charge in [-0.15, -0.1) is 0 Å². The van der Waals surface area contributed by atoms with Crippen molar-refractivity contribution in [1.82, 2.24) is 19.4 Å². The molecular weight excluding hydrogens is 402 g/mol. The molecule has 3 N–H and O–H groups in total. The quantitative estimate of drug-likeness (QED) is 0.655. The number of phenols is 1. The average molecular weight is 428 g/mol. The molecule has 2 fully saturated rings. The Balaban J connectivity index is 1.37. The number of benzene rings is 1. The highest BCUT2D eigenvalue weighted by atomic mass is 32.2. The Labute approximate surface area is 175 Å². The molecule has 9 heteroatoms. The van der Waals surface area contributed by atoms with Crippen molar-refractivity contribution < 1.29 is 13.5 Å². The standard InChI is InChI=1S/C21H25N5O3S/c22-20-19-18(15-2-1-3-17(27)10-15)12-26(21(19)24-13-23-20)16-8-14(9-16)11-25-4-6-30(28,29)7-5-25/h1-3,10,12-14,16,27H,4-9,11H2,(H2,22,23,24). The maximum Gasteiger partial charge on any atom is 0.152 e. The number of nitrogen functional groups attached to an aromatic ring is 1. The Morgan fingerprint density at radius 2 is 1.93 bits per heavy atom. The van der Waals surface area contributed by atoms with E-state index in [1.165, 1.54) is 6.33 Å². The molecule has 0 bridgehead atoms. The summed E-state index contributed by atoms with van der Waals surface area (Å²) in [4.78, 5) is 10.9. The molecule has 0 amide bonds. The van der Waals surface area contributed by atoms with Crippen LogP contribution < -0.4 is 5.73 Å². The van der Waals surface area contributed by atoms with Crippen molar-refractivity contribution >= 4 is 26.7 Å². The van der Waals surface area contributed by atoms with E-state index < -0.39 is 9.84 Å². The summed E-state index contributed by atoms with van der Waals surface area (Å²) < 4.78 is 25.4.